The maximum Gasteiger partial charge on any atom is 0.221 e. The van der Waals surface area contributed by atoms with Crippen LogP contribution in [0.4, 0.5) is 0 Å². The summed E-state index contributed by atoms with van der Waals surface area (Å²) in [6, 6.07) is 28.1. The Balaban J connectivity index is 1.69. The van der Waals surface area contributed by atoms with Crippen LogP contribution in [0.2, 0.25) is 0 Å². The van der Waals surface area contributed by atoms with Gasteiger partial charge in [0.15, 0.2) is 0 Å². The zero-order valence-electron chi connectivity index (χ0n) is 14.9. The summed E-state index contributed by atoms with van der Waals surface area (Å²) in [5.41, 5.74) is 3.32. The molecule has 3 aromatic carbocycles. The molecule has 0 heterocycles. The molecule has 1 N–H and O–H groups in total. The molecule has 0 aliphatic carbocycles. The van der Waals surface area contributed by atoms with Crippen LogP contribution in [-0.2, 0) is 11.3 Å². The fourth-order valence-corrected chi connectivity index (χ4v) is 3.04. The van der Waals surface area contributed by atoms with Gasteiger partial charge in [-0.15, -0.1) is 0 Å². The molecule has 0 atom stereocenters. The molecule has 3 rings (SSSR count). The quantitative estimate of drug-likeness (QED) is 0.683. The first-order chi connectivity index (χ1) is 12.8. The van der Waals surface area contributed by atoms with E-state index in [-0.39, 0.29) is 11.8 Å². The van der Waals surface area contributed by atoms with E-state index in [1.165, 1.54) is 0 Å². The van der Waals surface area contributed by atoms with Crippen LogP contribution in [-0.4, -0.2) is 13.0 Å². The molecule has 0 unspecified atom stereocenters. The van der Waals surface area contributed by atoms with Crippen LogP contribution in [0.1, 0.15) is 29.0 Å². The number of carbonyl (C=O) groups excluding carboxylic acids is 1. The smallest absolute Gasteiger partial charge is 0.221 e. The Morgan fingerprint density at radius 2 is 1.50 bits per heavy atom. The van der Waals surface area contributed by atoms with Crippen molar-refractivity contribution in [3.8, 4) is 5.75 Å². The van der Waals surface area contributed by atoms with Gasteiger partial charge in [0.1, 0.15) is 5.75 Å². The van der Waals surface area contributed by atoms with Gasteiger partial charge in [-0.25, -0.2) is 0 Å². The number of hydrogen-bond acceptors (Lipinski definition) is 2. The maximum absolute atomic E-state index is 12.6. The molecule has 132 valence electrons. The molecule has 0 fully saturated rings. The minimum atomic E-state index is 0.0329. The molecular weight excluding hydrogens is 322 g/mol. The Hall–Kier alpha value is -3.07. The SMILES string of the molecule is COc1cccc(CNC(=O)CC(c2ccccc2)c2ccccc2)c1. The average Bonchev–Trinajstić information content (AvgIpc) is 2.72. The largest absolute Gasteiger partial charge is 0.497 e. The molecular formula is C23H23NO2. The van der Waals surface area contributed by atoms with Gasteiger partial charge in [0.05, 0.1) is 7.11 Å². The van der Waals surface area contributed by atoms with Crippen molar-refractivity contribution in [1.29, 1.82) is 0 Å². The van der Waals surface area contributed by atoms with Gasteiger partial charge in [0.2, 0.25) is 5.91 Å². The lowest BCUT2D eigenvalue weighted by Gasteiger charge is -2.18. The summed E-state index contributed by atoms with van der Waals surface area (Å²) in [4.78, 5) is 12.6. The number of hydrogen-bond donors (Lipinski definition) is 1. The Kier molecular flexibility index (Phi) is 6.05. The van der Waals surface area contributed by atoms with Crippen molar-refractivity contribution in [2.24, 2.45) is 0 Å². The molecule has 26 heavy (non-hydrogen) atoms. The van der Waals surface area contributed by atoms with Gasteiger partial charge >= 0.3 is 0 Å². The summed E-state index contributed by atoms with van der Waals surface area (Å²) in [5.74, 6) is 0.872. The average molecular weight is 345 g/mol. The monoisotopic (exact) mass is 345 g/mol. The first-order valence-corrected chi connectivity index (χ1v) is 8.76. The third kappa shape index (κ3) is 4.73. The molecule has 3 heteroatoms. The normalized spacial score (nSPS) is 10.5. The van der Waals surface area contributed by atoms with Crippen LogP contribution < -0.4 is 10.1 Å². The molecule has 3 nitrogen and oxygen atoms in total. The predicted molar refractivity (Wildman–Crippen MR) is 104 cm³/mol. The van der Waals surface area contributed by atoms with E-state index >= 15 is 0 Å². The van der Waals surface area contributed by atoms with Crippen molar-refractivity contribution in [3.05, 3.63) is 102 Å². The number of nitrogens with one attached hydrogen (secondary N) is 1. The summed E-state index contributed by atoms with van der Waals surface area (Å²) >= 11 is 0. The Morgan fingerprint density at radius 1 is 0.885 bits per heavy atom. The van der Waals surface area contributed by atoms with E-state index < -0.39 is 0 Å². The zero-order chi connectivity index (χ0) is 18.2. The summed E-state index contributed by atoms with van der Waals surface area (Å²) in [6.07, 6.45) is 0.415. The Morgan fingerprint density at radius 3 is 2.08 bits per heavy atom. The molecule has 0 saturated heterocycles. The maximum atomic E-state index is 12.6. The Bertz CT molecular complexity index is 792. The minimum absolute atomic E-state index is 0.0329. The highest BCUT2D eigenvalue weighted by molar-refractivity contribution is 5.77. The number of benzene rings is 3. The molecule has 0 saturated carbocycles. The van der Waals surface area contributed by atoms with Crippen molar-refractivity contribution in [1.82, 2.24) is 5.32 Å². The molecule has 0 aliphatic heterocycles. The fraction of sp³-hybridized carbons (Fsp3) is 0.174. The molecule has 3 aromatic rings. The van der Waals surface area contributed by atoms with Crippen molar-refractivity contribution >= 4 is 5.91 Å². The van der Waals surface area contributed by atoms with Crippen molar-refractivity contribution in [2.45, 2.75) is 18.9 Å². The fourth-order valence-electron chi connectivity index (χ4n) is 3.04. The number of rotatable bonds is 7. The molecule has 0 bridgehead atoms. The van der Waals surface area contributed by atoms with Crippen LogP contribution in [0, 0.1) is 0 Å². The van der Waals surface area contributed by atoms with Crippen molar-refractivity contribution in [3.63, 3.8) is 0 Å². The van der Waals surface area contributed by atoms with E-state index in [0.29, 0.717) is 13.0 Å². The minimum Gasteiger partial charge on any atom is -0.497 e. The van der Waals surface area contributed by atoms with E-state index in [0.717, 1.165) is 22.4 Å². The highest BCUT2D eigenvalue weighted by Gasteiger charge is 2.17. The van der Waals surface area contributed by atoms with E-state index in [9.17, 15) is 4.79 Å². The van der Waals surface area contributed by atoms with Gasteiger partial charge in [0.25, 0.3) is 0 Å². The second kappa shape index (κ2) is 8.86. The van der Waals surface area contributed by atoms with Gasteiger partial charge in [-0.2, -0.15) is 0 Å². The first-order valence-electron chi connectivity index (χ1n) is 8.76. The first kappa shape index (κ1) is 17.7. The summed E-state index contributed by atoms with van der Waals surface area (Å²) < 4.78 is 5.23. The molecule has 0 radical (unpaired) electrons. The summed E-state index contributed by atoms with van der Waals surface area (Å²) in [7, 11) is 1.64. The van der Waals surface area contributed by atoms with Crippen LogP contribution >= 0.6 is 0 Å². The highest BCUT2D eigenvalue weighted by atomic mass is 16.5. The van der Waals surface area contributed by atoms with Crippen molar-refractivity contribution < 1.29 is 9.53 Å². The van der Waals surface area contributed by atoms with E-state index in [4.69, 9.17) is 4.74 Å². The number of ether oxygens (including phenoxy) is 1. The molecule has 0 aromatic heterocycles. The zero-order valence-corrected chi connectivity index (χ0v) is 14.9. The van der Waals surface area contributed by atoms with Crippen molar-refractivity contribution in [2.75, 3.05) is 7.11 Å². The Labute approximate surface area is 154 Å². The second-order valence-electron chi connectivity index (χ2n) is 6.21. The van der Waals surface area contributed by atoms with E-state index in [1.54, 1.807) is 7.11 Å². The van der Waals surface area contributed by atoms with Gasteiger partial charge in [-0.05, 0) is 28.8 Å². The van der Waals surface area contributed by atoms with E-state index in [2.05, 4.69) is 29.6 Å². The van der Waals surface area contributed by atoms with Gasteiger partial charge in [-0.1, -0.05) is 72.8 Å². The predicted octanol–water partition coefficient (Wildman–Crippen LogP) is 4.53. The number of carbonyl (C=O) groups is 1. The van der Waals surface area contributed by atoms with Gasteiger partial charge in [0, 0.05) is 18.9 Å². The van der Waals surface area contributed by atoms with Crippen LogP contribution in [0.3, 0.4) is 0 Å². The second-order valence-corrected chi connectivity index (χ2v) is 6.21. The standard InChI is InChI=1S/C23H23NO2/c1-26-21-14-8-9-18(15-21)17-24-23(25)16-22(19-10-4-2-5-11-19)20-12-6-3-7-13-20/h2-15,22H,16-17H2,1H3,(H,24,25). The molecule has 0 spiro atoms. The molecule has 0 aliphatic rings. The highest BCUT2D eigenvalue weighted by Crippen LogP contribution is 2.27. The lowest BCUT2D eigenvalue weighted by molar-refractivity contribution is -0.121. The van der Waals surface area contributed by atoms with Gasteiger partial charge < -0.3 is 10.1 Å². The molecule has 1 amide bonds. The van der Waals surface area contributed by atoms with Crippen LogP contribution in [0.5, 0.6) is 5.75 Å². The third-order valence-electron chi connectivity index (χ3n) is 4.42. The number of methoxy groups -OCH3 is 1. The van der Waals surface area contributed by atoms with E-state index in [1.807, 2.05) is 60.7 Å². The number of amides is 1. The topological polar surface area (TPSA) is 38.3 Å². The van der Waals surface area contributed by atoms with Crippen LogP contribution in [0.25, 0.3) is 0 Å². The van der Waals surface area contributed by atoms with Gasteiger partial charge in [-0.3, -0.25) is 4.79 Å². The summed E-state index contributed by atoms with van der Waals surface area (Å²) in [6.45, 7) is 0.492. The summed E-state index contributed by atoms with van der Waals surface area (Å²) in [5, 5.41) is 3.03. The lowest BCUT2D eigenvalue weighted by atomic mass is 9.88. The third-order valence-corrected chi connectivity index (χ3v) is 4.42. The lowest BCUT2D eigenvalue weighted by Crippen LogP contribution is -2.25. The van der Waals surface area contributed by atoms with Crippen LogP contribution in [0.15, 0.2) is 84.9 Å².